The minimum Gasteiger partial charge on any atom is -0.463 e. The van der Waals surface area contributed by atoms with E-state index in [1.165, 1.54) is 13.8 Å². The lowest BCUT2D eigenvalue weighted by Crippen LogP contribution is -2.63. The van der Waals surface area contributed by atoms with Gasteiger partial charge < -0.3 is 48.8 Å². The van der Waals surface area contributed by atoms with Gasteiger partial charge in [0.1, 0.15) is 12.7 Å². The summed E-state index contributed by atoms with van der Waals surface area (Å²) in [6.45, 7) is 28.3. The van der Waals surface area contributed by atoms with Gasteiger partial charge in [0.15, 0.2) is 0 Å². The second-order valence-corrected chi connectivity index (χ2v) is 22.5. The third kappa shape index (κ3) is 15.2. The quantitative estimate of drug-likeness (QED) is 0.0693. The molecule has 20 heteroatoms. The zero-order chi connectivity index (χ0) is 54.4. The van der Waals surface area contributed by atoms with Crippen molar-refractivity contribution in [3.8, 4) is 0 Å². The number of aliphatic hydroxyl groups excluding tert-OH is 1. The van der Waals surface area contributed by atoms with Gasteiger partial charge in [0, 0.05) is 12.3 Å². The number of ether oxygens (including phenoxy) is 6. The van der Waals surface area contributed by atoms with Gasteiger partial charge in [-0.15, -0.1) is 0 Å². The van der Waals surface area contributed by atoms with Crippen LogP contribution >= 0.6 is 0 Å². The van der Waals surface area contributed by atoms with Crippen LogP contribution in [0.3, 0.4) is 0 Å². The molecule has 0 spiro atoms. The molecule has 4 rings (SSSR count). The Kier molecular flexibility index (Phi) is 21.4. The fourth-order valence-electron chi connectivity index (χ4n) is 7.98. The van der Waals surface area contributed by atoms with E-state index < -0.39 is 81.0 Å². The molecule has 4 N–H and O–H groups in total. The summed E-state index contributed by atoms with van der Waals surface area (Å²) in [6, 6.07) is 0. The molecule has 8 atom stereocenters. The topological polar surface area (TPSA) is 222 Å². The number of esters is 5. The standard InChI is InChI=1S/C19H34O4.C12H17F5O4.C10H16O4.C8H16O3/c1-8-17(2,3)16(20)23-13-10-11-9-12(13)15(19(6,7)22)14(11)18(4,5)21;1-5-8(2,3)7(18)21-9(4)6-20-11(19,10(9,13)14)12(15,16)17;1-4-10(2,3)9(12)14-7-5-6-13-8(7)11;1-4-8(2,3)7(10)11-6-5-9/h11-15,21-22H,8-10H2,1-7H3;19H,5-6H2,1-4H3;7H,4-6H2,1-3H3;9H,4-6H2,1-3H3/t11-,12+,13+,14-,15+;;;/m1.../s1. The van der Waals surface area contributed by atoms with Crippen LogP contribution in [0.15, 0.2) is 0 Å². The lowest BCUT2D eigenvalue weighted by Gasteiger charge is -2.46. The molecule has 2 aliphatic heterocycles. The number of fused-ring (bicyclic) bond motifs is 2. The first kappa shape index (κ1) is 63.8. The number of cyclic esters (lactones) is 1. The molecule has 69 heavy (non-hydrogen) atoms. The van der Waals surface area contributed by atoms with Crippen LogP contribution in [-0.2, 0) is 52.4 Å². The highest BCUT2D eigenvalue weighted by molar-refractivity contribution is 5.83. The number of carbonyl (C=O) groups is 5. The molecule has 0 aromatic heterocycles. The summed E-state index contributed by atoms with van der Waals surface area (Å²) in [5, 5.41) is 38.8. The predicted molar refractivity (Wildman–Crippen MR) is 242 cm³/mol. The highest BCUT2D eigenvalue weighted by atomic mass is 19.4. The lowest BCUT2D eigenvalue weighted by atomic mass is 9.65. The fourth-order valence-corrected chi connectivity index (χ4v) is 7.98. The third-order valence-electron chi connectivity index (χ3n) is 14.4. The van der Waals surface area contributed by atoms with Crippen molar-refractivity contribution in [2.45, 2.75) is 210 Å². The summed E-state index contributed by atoms with van der Waals surface area (Å²) in [5.74, 6) is -11.3. The van der Waals surface area contributed by atoms with Crippen molar-refractivity contribution in [3.05, 3.63) is 0 Å². The van der Waals surface area contributed by atoms with Crippen molar-refractivity contribution in [2.75, 3.05) is 26.4 Å². The molecule has 4 aliphatic rings. The van der Waals surface area contributed by atoms with Crippen molar-refractivity contribution in [1.29, 1.82) is 0 Å². The molecular formula is C49H83F5O15. The van der Waals surface area contributed by atoms with Crippen LogP contribution in [0.5, 0.6) is 0 Å². The van der Waals surface area contributed by atoms with Crippen LogP contribution in [0.25, 0.3) is 0 Å². The zero-order valence-electron chi connectivity index (χ0n) is 43.9. The molecule has 3 unspecified atom stereocenters. The Morgan fingerprint density at radius 2 is 1.13 bits per heavy atom. The van der Waals surface area contributed by atoms with Crippen molar-refractivity contribution in [2.24, 2.45) is 45.3 Å². The average Bonchev–Trinajstić information content (AvgIpc) is 3.99. The molecular weight excluding hydrogens is 924 g/mol. The van der Waals surface area contributed by atoms with E-state index in [0.717, 1.165) is 25.7 Å². The normalized spacial score (nSPS) is 27.9. The maximum Gasteiger partial charge on any atom is 0.449 e. The summed E-state index contributed by atoms with van der Waals surface area (Å²) < 4.78 is 94.8. The van der Waals surface area contributed by atoms with E-state index in [-0.39, 0.29) is 61.4 Å². The van der Waals surface area contributed by atoms with Crippen molar-refractivity contribution >= 4 is 29.8 Å². The third-order valence-corrected chi connectivity index (χ3v) is 14.4. The molecule has 2 saturated carbocycles. The maximum absolute atomic E-state index is 14.0. The number of aliphatic hydroxyl groups is 4. The van der Waals surface area contributed by atoms with Crippen LogP contribution < -0.4 is 0 Å². The summed E-state index contributed by atoms with van der Waals surface area (Å²) in [4.78, 5) is 58.0. The van der Waals surface area contributed by atoms with Crippen molar-refractivity contribution < 1.29 is 94.8 Å². The van der Waals surface area contributed by atoms with Crippen LogP contribution in [0, 0.1) is 45.3 Å². The Morgan fingerprint density at radius 3 is 1.51 bits per heavy atom. The van der Waals surface area contributed by atoms with E-state index in [4.69, 9.17) is 24.1 Å². The summed E-state index contributed by atoms with van der Waals surface area (Å²) in [7, 11) is 0. The lowest BCUT2D eigenvalue weighted by molar-refractivity contribution is -0.409. The van der Waals surface area contributed by atoms with Gasteiger partial charge in [-0.3, -0.25) is 19.2 Å². The van der Waals surface area contributed by atoms with Gasteiger partial charge in [0.25, 0.3) is 0 Å². The molecule has 0 amide bonds. The van der Waals surface area contributed by atoms with E-state index in [2.05, 4.69) is 9.47 Å². The molecule has 15 nitrogen and oxygen atoms in total. The summed E-state index contributed by atoms with van der Waals surface area (Å²) in [5.41, 5.74) is -7.21. The number of halogens is 5. The second-order valence-electron chi connectivity index (χ2n) is 22.5. The van der Waals surface area contributed by atoms with Gasteiger partial charge in [-0.05, 0) is 146 Å². The monoisotopic (exact) mass is 1010 g/mol. The second kappa shape index (κ2) is 23.1. The number of hydrogen-bond donors (Lipinski definition) is 4. The molecule has 2 aliphatic carbocycles. The Labute approximate surface area is 405 Å². The molecule has 0 aromatic rings. The van der Waals surface area contributed by atoms with E-state index in [1.54, 1.807) is 20.8 Å². The minimum atomic E-state index is -5.74. The highest BCUT2D eigenvalue weighted by Gasteiger charge is 2.83. The molecule has 0 aromatic carbocycles. The van der Waals surface area contributed by atoms with Crippen molar-refractivity contribution in [3.63, 3.8) is 0 Å². The zero-order valence-corrected chi connectivity index (χ0v) is 43.9. The summed E-state index contributed by atoms with van der Waals surface area (Å²) in [6.07, 6.45) is -1.94. The first-order valence-corrected chi connectivity index (χ1v) is 23.8. The van der Waals surface area contributed by atoms with Crippen LogP contribution in [0.1, 0.15) is 163 Å². The molecule has 4 fully saturated rings. The average molecular weight is 1010 g/mol. The van der Waals surface area contributed by atoms with Gasteiger partial charge in [0.05, 0.1) is 52.7 Å². The largest absolute Gasteiger partial charge is 0.463 e. The Bertz CT molecular complexity index is 1750. The Morgan fingerprint density at radius 1 is 0.696 bits per heavy atom. The van der Waals surface area contributed by atoms with Crippen LogP contribution in [0.2, 0.25) is 0 Å². The van der Waals surface area contributed by atoms with Crippen LogP contribution in [-0.4, -0.2) is 124 Å². The first-order chi connectivity index (χ1) is 30.9. The maximum atomic E-state index is 14.0. The van der Waals surface area contributed by atoms with Gasteiger partial charge in [-0.25, -0.2) is 4.79 Å². The van der Waals surface area contributed by atoms with Gasteiger partial charge in [0.2, 0.25) is 11.7 Å². The molecule has 0 radical (unpaired) electrons. The first-order valence-electron chi connectivity index (χ1n) is 23.8. The number of rotatable bonds is 15. The van der Waals surface area contributed by atoms with E-state index >= 15 is 0 Å². The molecule has 404 valence electrons. The van der Waals surface area contributed by atoms with E-state index in [9.17, 15) is 61.2 Å². The van der Waals surface area contributed by atoms with Gasteiger partial charge in [-0.1, -0.05) is 27.7 Å². The fraction of sp³-hybridized carbons (Fsp3) is 0.898. The number of hydrogen-bond acceptors (Lipinski definition) is 15. The van der Waals surface area contributed by atoms with Crippen molar-refractivity contribution in [1.82, 2.24) is 0 Å². The van der Waals surface area contributed by atoms with Gasteiger partial charge in [-0.2, -0.15) is 22.0 Å². The summed E-state index contributed by atoms with van der Waals surface area (Å²) >= 11 is 0. The number of alkyl halides is 5. The SMILES string of the molecule is CCC(C)(C)C(=O)OC1(C)COC(O)(C(F)(F)F)C1(F)F.CCC(C)(C)C(=O)OC1CCOC1=O.CCC(C)(C)C(=O)OCCO.CCC(C)(C)C(=O)O[C@H]1C[C@H]2C[C@@H]1[C@H](C(C)(C)O)[C@@H]2C(C)(C)O. The van der Waals surface area contributed by atoms with E-state index in [1.807, 2.05) is 76.2 Å². The predicted octanol–water partition coefficient (Wildman–Crippen LogP) is 8.03. The molecule has 2 saturated heterocycles. The molecule has 2 heterocycles. The van der Waals surface area contributed by atoms with E-state index in [0.29, 0.717) is 32.3 Å². The Hall–Kier alpha value is -3.20. The highest BCUT2D eigenvalue weighted by Crippen LogP contribution is 2.60. The van der Waals surface area contributed by atoms with Gasteiger partial charge >= 0.3 is 47.7 Å². The smallest absolute Gasteiger partial charge is 0.449 e. The number of carbonyl (C=O) groups excluding carboxylic acids is 5. The van der Waals surface area contributed by atoms with Crippen LogP contribution in [0.4, 0.5) is 22.0 Å². The molecule has 2 bridgehead atoms. The Balaban J connectivity index is 0.000000478. The minimum absolute atomic E-state index is 0.0432.